The molecule has 2 aromatic carbocycles. The van der Waals surface area contributed by atoms with Gasteiger partial charge in [0, 0.05) is 34.8 Å². The lowest BCUT2D eigenvalue weighted by Gasteiger charge is -2.03. The van der Waals surface area contributed by atoms with Crippen LogP contribution in [0.2, 0.25) is 0 Å². The van der Waals surface area contributed by atoms with Crippen molar-refractivity contribution in [2.75, 3.05) is 6.61 Å². The minimum absolute atomic E-state index is 0.265. The molecule has 0 unspecified atom stereocenters. The zero-order valence-electron chi connectivity index (χ0n) is 14.7. The Morgan fingerprint density at radius 3 is 2.73 bits per heavy atom. The van der Waals surface area contributed by atoms with Crippen LogP contribution in [0.1, 0.15) is 22.8 Å². The van der Waals surface area contributed by atoms with E-state index >= 15 is 0 Å². The molecule has 1 heterocycles. The first-order valence-corrected chi connectivity index (χ1v) is 8.48. The second-order valence-electron chi connectivity index (χ2n) is 5.70. The molecule has 0 aliphatic heterocycles. The summed E-state index contributed by atoms with van der Waals surface area (Å²) in [5.41, 5.74) is 5.14. The number of hydrogen-bond donors (Lipinski definition) is 1. The van der Waals surface area contributed by atoms with Crippen molar-refractivity contribution in [3.05, 3.63) is 78.5 Å². The van der Waals surface area contributed by atoms with E-state index in [1.54, 1.807) is 30.5 Å². The minimum Gasteiger partial charge on any atom is -0.494 e. The van der Waals surface area contributed by atoms with Crippen molar-refractivity contribution >= 4 is 23.0 Å². The van der Waals surface area contributed by atoms with Crippen molar-refractivity contribution in [2.24, 2.45) is 5.10 Å². The molecule has 1 amide bonds. The Morgan fingerprint density at radius 1 is 1.23 bits per heavy atom. The summed E-state index contributed by atoms with van der Waals surface area (Å²) < 4.78 is 7.47. The average Bonchev–Trinajstić information content (AvgIpc) is 3.01. The smallest absolute Gasteiger partial charge is 0.271 e. The van der Waals surface area contributed by atoms with E-state index in [1.807, 2.05) is 37.4 Å². The van der Waals surface area contributed by atoms with Gasteiger partial charge in [-0.2, -0.15) is 5.10 Å². The van der Waals surface area contributed by atoms with Crippen molar-refractivity contribution in [3.63, 3.8) is 0 Å². The molecule has 132 valence electrons. The maximum absolute atomic E-state index is 12.2. The lowest BCUT2D eigenvalue weighted by Crippen LogP contribution is -2.17. The average molecular weight is 347 g/mol. The summed E-state index contributed by atoms with van der Waals surface area (Å²) in [6.45, 7) is 7.01. The normalized spacial score (nSPS) is 11.0. The molecular weight excluding hydrogens is 326 g/mol. The van der Waals surface area contributed by atoms with Gasteiger partial charge in [-0.15, -0.1) is 6.58 Å². The van der Waals surface area contributed by atoms with Crippen LogP contribution in [0.4, 0.5) is 0 Å². The SMILES string of the molecule is C=CCn1cc(/C=N\NC(=O)c2ccc(OCC)cc2)c2ccccc21. The number of carbonyl (C=O) groups is 1. The number of nitrogens with one attached hydrogen (secondary N) is 1. The highest BCUT2D eigenvalue weighted by Gasteiger charge is 2.07. The van der Waals surface area contributed by atoms with Crippen LogP contribution in [-0.4, -0.2) is 23.3 Å². The second kappa shape index (κ2) is 8.16. The number of carbonyl (C=O) groups excluding carboxylic acids is 1. The number of aromatic nitrogens is 1. The lowest BCUT2D eigenvalue weighted by atomic mass is 10.2. The monoisotopic (exact) mass is 347 g/mol. The molecule has 0 fully saturated rings. The molecule has 0 saturated carbocycles. The second-order valence-corrected chi connectivity index (χ2v) is 5.70. The van der Waals surface area contributed by atoms with Crippen LogP contribution >= 0.6 is 0 Å². The van der Waals surface area contributed by atoms with Crippen molar-refractivity contribution in [1.82, 2.24) is 9.99 Å². The summed E-state index contributed by atoms with van der Waals surface area (Å²) in [5, 5.41) is 5.18. The number of hydrazone groups is 1. The Kier molecular flexibility index (Phi) is 5.49. The first kappa shape index (κ1) is 17.5. The first-order chi connectivity index (χ1) is 12.7. The number of para-hydroxylation sites is 1. The Balaban J connectivity index is 1.73. The van der Waals surface area contributed by atoms with E-state index in [0.717, 1.165) is 22.2 Å². The highest BCUT2D eigenvalue weighted by molar-refractivity contribution is 6.00. The van der Waals surface area contributed by atoms with Crippen molar-refractivity contribution in [3.8, 4) is 5.75 Å². The zero-order chi connectivity index (χ0) is 18.4. The number of allylic oxidation sites excluding steroid dienone is 1. The van der Waals surface area contributed by atoms with Gasteiger partial charge in [0.05, 0.1) is 12.8 Å². The summed E-state index contributed by atoms with van der Waals surface area (Å²) >= 11 is 0. The molecular formula is C21H21N3O2. The summed E-state index contributed by atoms with van der Waals surface area (Å²) in [6, 6.07) is 15.0. The Hall–Kier alpha value is -3.34. The van der Waals surface area contributed by atoms with E-state index in [2.05, 4.69) is 27.7 Å². The fraction of sp³-hybridized carbons (Fsp3) is 0.143. The third-order valence-electron chi connectivity index (χ3n) is 3.94. The number of fused-ring (bicyclic) bond motifs is 1. The van der Waals surface area contributed by atoms with Crippen LogP contribution in [0.25, 0.3) is 10.9 Å². The fourth-order valence-electron chi connectivity index (χ4n) is 2.76. The molecule has 0 aliphatic carbocycles. The van der Waals surface area contributed by atoms with E-state index in [4.69, 9.17) is 4.74 Å². The topological polar surface area (TPSA) is 55.6 Å². The Bertz CT molecular complexity index is 940. The maximum atomic E-state index is 12.2. The van der Waals surface area contributed by atoms with E-state index < -0.39 is 0 Å². The Morgan fingerprint density at radius 2 is 2.00 bits per heavy atom. The molecule has 0 saturated heterocycles. The van der Waals surface area contributed by atoms with Crippen LogP contribution in [0, 0.1) is 0 Å². The summed E-state index contributed by atoms with van der Waals surface area (Å²) in [4.78, 5) is 12.2. The Labute approximate surface area is 152 Å². The number of nitrogens with zero attached hydrogens (tertiary/aromatic N) is 2. The van der Waals surface area contributed by atoms with Gasteiger partial charge in [0.25, 0.3) is 5.91 Å². The number of rotatable bonds is 7. The molecule has 0 radical (unpaired) electrons. The standard InChI is InChI=1S/C21H21N3O2/c1-3-13-24-15-17(19-7-5-6-8-20(19)24)14-22-23-21(25)16-9-11-18(12-10-16)26-4-2/h3,5-12,14-15H,1,4,13H2,2H3,(H,23,25)/b22-14-. The molecule has 3 aromatic rings. The molecule has 1 aromatic heterocycles. The van der Waals surface area contributed by atoms with E-state index in [9.17, 15) is 4.79 Å². The van der Waals surface area contributed by atoms with Crippen molar-refractivity contribution in [1.29, 1.82) is 0 Å². The molecule has 0 atom stereocenters. The summed E-state index contributed by atoms with van der Waals surface area (Å²) in [5.74, 6) is 0.474. The van der Waals surface area contributed by atoms with Crippen molar-refractivity contribution < 1.29 is 9.53 Å². The van der Waals surface area contributed by atoms with Crippen LogP contribution in [-0.2, 0) is 6.54 Å². The van der Waals surface area contributed by atoms with Crippen LogP contribution in [0.5, 0.6) is 5.75 Å². The van der Waals surface area contributed by atoms with Gasteiger partial charge < -0.3 is 9.30 Å². The van der Waals surface area contributed by atoms with Crippen LogP contribution < -0.4 is 10.2 Å². The zero-order valence-corrected chi connectivity index (χ0v) is 14.7. The van der Waals surface area contributed by atoms with Gasteiger partial charge in [-0.25, -0.2) is 5.43 Å². The number of benzene rings is 2. The summed E-state index contributed by atoms with van der Waals surface area (Å²) in [6.07, 6.45) is 5.51. The lowest BCUT2D eigenvalue weighted by molar-refractivity contribution is 0.0955. The van der Waals surface area contributed by atoms with Gasteiger partial charge in [0.1, 0.15) is 5.75 Å². The number of ether oxygens (including phenoxy) is 1. The molecule has 26 heavy (non-hydrogen) atoms. The molecule has 1 N–H and O–H groups in total. The van der Waals surface area contributed by atoms with Gasteiger partial charge in [0.2, 0.25) is 0 Å². The van der Waals surface area contributed by atoms with Crippen LogP contribution in [0.15, 0.2) is 72.5 Å². The van der Waals surface area contributed by atoms with E-state index in [-0.39, 0.29) is 5.91 Å². The number of hydrogen-bond acceptors (Lipinski definition) is 3. The minimum atomic E-state index is -0.265. The maximum Gasteiger partial charge on any atom is 0.271 e. The molecule has 3 rings (SSSR count). The molecule has 5 heteroatoms. The van der Waals surface area contributed by atoms with Gasteiger partial charge in [-0.05, 0) is 37.3 Å². The van der Waals surface area contributed by atoms with Gasteiger partial charge in [0.15, 0.2) is 0 Å². The third-order valence-corrected chi connectivity index (χ3v) is 3.94. The molecule has 0 bridgehead atoms. The van der Waals surface area contributed by atoms with Crippen LogP contribution in [0.3, 0.4) is 0 Å². The van der Waals surface area contributed by atoms with E-state index in [1.165, 1.54) is 0 Å². The highest BCUT2D eigenvalue weighted by atomic mass is 16.5. The highest BCUT2D eigenvalue weighted by Crippen LogP contribution is 2.20. The van der Waals surface area contributed by atoms with Gasteiger partial charge in [-0.3, -0.25) is 4.79 Å². The molecule has 0 spiro atoms. The van der Waals surface area contributed by atoms with Crippen molar-refractivity contribution in [2.45, 2.75) is 13.5 Å². The third kappa shape index (κ3) is 3.83. The molecule has 5 nitrogen and oxygen atoms in total. The quantitative estimate of drug-likeness (QED) is 0.399. The van der Waals surface area contributed by atoms with E-state index in [0.29, 0.717) is 18.7 Å². The van der Waals surface area contributed by atoms with Gasteiger partial charge in [-0.1, -0.05) is 24.3 Å². The van der Waals surface area contributed by atoms with Gasteiger partial charge >= 0.3 is 0 Å². The number of amides is 1. The predicted molar refractivity (Wildman–Crippen MR) is 105 cm³/mol. The fourth-order valence-corrected chi connectivity index (χ4v) is 2.76. The molecule has 0 aliphatic rings. The largest absolute Gasteiger partial charge is 0.494 e. The predicted octanol–water partition coefficient (Wildman–Crippen LogP) is 3.99. The summed E-state index contributed by atoms with van der Waals surface area (Å²) in [7, 11) is 0. The first-order valence-electron chi connectivity index (χ1n) is 8.48.